The second kappa shape index (κ2) is 15.3. The maximum absolute atomic E-state index is 12.4. The van der Waals surface area contributed by atoms with E-state index < -0.39 is 0 Å². The summed E-state index contributed by atoms with van der Waals surface area (Å²) < 4.78 is 0. The fraction of sp³-hybridized carbons (Fsp3) is 0.714. The SMILES string of the molecule is CCC/C(=C\Cl)CCCC(=O)NC(C)CC(C)C(=O)C(C)CC/C=C/Cl. The predicted octanol–water partition coefficient (Wildman–Crippen LogP) is 6.35. The van der Waals surface area contributed by atoms with Crippen LogP contribution in [0.3, 0.4) is 0 Å². The summed E-state index contributed by atoms with van der Waals surface area (Å²) in [5.74, 6) is 0.254. The lowest BCUT2D eigenvalue weighted by atomic mass is 9.88. The lowest BCUT2D eigenvalue weighted by Crippen LogP contribution is -2.35. The van der Waals surface area contributed by atoms with Crippen LogP contribution in [0.4, 0.5) is 0 Å². The maximum atomic E-state index is 12.4. The first-order valence-corrected chi connectivity index (χ1v) is 10.6. The van der Waals surface area contributed by atoms with Crippen molar-refractivity contribution in [3.8, 4) is 0 Å². The average Bonchev–Trinajstić information content (AvgIpc) is 2.60. The third-order valence-electron chi connectivity index (χ3n) is 4.57. The van der Waals surface area contributed by atoms with Crippen LogP contribution in [0.25, 0.3) is 0 Å². The second-order valence-electron chi connectivity index (χ2n) is 7.22. The number of rotatable bonds is 14. The van der Waals surface area contributed by atoms with E-state index in [0.29, 0.717) is 12.8 Å². The van der Waals surface area contributed by atoms with Crippen molar-refractivity contribution in [1.29, 1.82) is 0 Å². The molecule has 3 atom stereocenters. The number of ketones is 1. The number of nitrogens with one attached hydrogen (secondary N) is 1. The summed E-state index contributed by atoms with van der Waals surface area (Å²) in [6, 6.07) is -0.00457. The molecule has 5 heteroatoms. The van der Waals surface area contributed by atoms with Crippen LogP contribution < -0.4 is 5.32 Å². The Morgan fingerprint density at radius 1 is 1.04 bits per heavy atom. The molecule has 3 unspecified atom stereocenters. The number of amides is 1. The van der Waals surface area contributed by atoms with Gasteiger partial charge in [0.15, 0.2) is 0 Å². The van der Waals surface area contributed by atoms with Crippen molar-refractivity contribution in [2.75, 3.05) is 0 Å². The fourth-order valence-corrected chi connectivity index (χ4v) is 3.47. The summed E-state index contributed by atoms with van der Waals surface area (Å²) in [4.78, 5) is 24.5. The van der Waals surface area contributed by atoms with Crippen molar-refractivity contribution in [2.45, 2.75) is 85.1 Å². The smallest absolute Gasteiger partial charge is 0.220 e. The molecule has 0 heterocycles. The van der Waals surface area contributed by atoms with Crippen LogP contribution in [0, 0.1) is 11.8 Å². The van der Waals surface area contributed by atoms with Gasteiger partial charge in [-0.25, -0.2) is 0 Å². The topological polar surface area (TPSA) is 46.2 Å². The molecule has 1 N–H and O–H groups in total. The first-order valence-electron chi connectivity index (χ1n) is 9.72. The van der Waals surface area contributed by atoms with E-state index in [1.54, 1.807) is 5.54 Å². The van der Waals surface area contributed by atoms with E-state index in [1.165, 1.54) is 11.1 Å². The molecule has 1 amide bonds. The lowest BCUT2D eigenvalue weighted by molar-refractivity contribution is -0.127. The highest BCUT2D eigenvalue weighted by Crippen LogP contribution is 2.18. The number of hydrogen-bond acceptors (Lipinski definition) is 2. The van der Waals surface area contributed by atoms with E-state index in [1.807, 2.05) is 26.8 Å². The van der Waals surface area contributed by atoms with E-state index in [0.717, 1.165) is 38.5 Å². The Morgan fingerprint density at radius 3 is 2.31 bits per heavy atom. The Hall–Kier alpha value is -0.800. The van der Waals surface area contributed by atoms with E-state index in [9.17, 15) is 9.59 Å². The minimum Gasteiger partial charge on any atom is -0.354 e. The largest absolute Gasteiger partial charge is 0.354 e. The monoisotopic (exact) mass is 403 g/mol. The quantitative estimate of drug-likeness (QED) is 0.367. The first-order chi connectivity index (χ1) is 12.3. The van der Waals surface area contributed by atoms with Crippen molar-refractivity contribution in [3.05, 3.63) is 22.7 Å². The Bertz CT molecular complexity index is 475. The van der Waals surface area contributed by atoms with Crippen molar-refractivity contribution in [2.24, 2.45) is 11.8 Å². The van der Waals surface area contributed by atoms with Gasteiger partial charge in [-0.05, 0) is 45.4 Å². The number of Topliss-reactive ketones (excluding diaryl/α,β-unsaturated/α-hetero) is 1. The van der Waals surface area contributed by atoms with Gasteiger partial charge >= 0.3 is 0 Å². The maximum Gasteiger partial charge on any atom is 0.220 e. The van der Waals surface area contributed by atoms with Gasteiger partial charge in [0.05, 0.1) is 0 Å². The van der Waals surface area contributed by atoms with Gasteiger partial charge in [0.25, 0.3) is 0 Å². The van der Waals surface area contributed by atoms with Gasteiger partial charge in [-0.1, -0.05) is 62.0 Å². The van der Waals surface area contributed by atoms with Crippen LogP contribution >= 0.6 is 23.2 Å². The summed E-state index contributed by atoms with van der Waals surface area (Å²) >= 11 is 11.3. The molecule has 0 radical (unpaired) electrons. The van der Waals surface area contributed by atoms with E-state index in [2.05, 4.69) is 12.2 Å². The summed E-state index contributed by atoms with van der Waals surface area (Å²) in [6.45, 7) is 7.99. The fourth-order valence-electron chi connectivity index (χ4n) is 3.12. The highest BCUT2D eigenvalue weighted by molar-refractivity contribution is 6.25. The van der Waals surface area contributed by atoms with Gasteiger partial charge < -0.3 is 5.32 Å². The standard InChI is InChI=1S/C21H35Cl2NO2/c1-5-9-19(15-23)11-8-12-20(25)24-18(4)14-17(3)21(26)16(2)10-6-7-13-22/h7,13,15-18H,5-6,8-12,14H2,1-4H3,(H,24,25)/b13-7+,19-15+. The zero-order chi connectivity index (χ0) is 19.9. The molecule has 0 aliphatic heterocycles. The van der Waals surface area contributed by atoms with Crippen molar-refractivity contribution in [3.63, 3.8) is 0 Å². The molecule has 0 aliphatic carbocycles. The number of hydrogen-bond donors (Lipinski definition) is 1. The van der Waals surface area contributed by atoms with Crippen LogP contribution in [0.2, 0.25) is 0 Å². The minimum atomic E-state index is -0.0596. The second-order valence-corrected chi connectivity index (χ2v) is 7.69. The van der Waals surface area contributed by atoms with Gasteiger partial charge in [-0.3, -0.25) is 9.59 Å². The Labute approximate surface area is 169 Å². The third kappa shape index (κ3) is 11.7. The van der Waals surface area contributed by atoms with E-state index in [-0.39, 0.29) is 29.6 Å². The van der Waals surface area contributed by atoms with Gasteiger partial charge in [0, 0.05) is 35.4 Å². The summed E-state index contributed by atoms with van der Waals surface area (Å²) in [5, 5.41) is 3.01. The summed E-state index contributed by atoms with van der Waals surface area (Å²) in [7, 11) is 0. The van der Waals surface area contributed by atoms with E-state index in [4.69, 9.17) is 23.2 Å². The highest BCUT2D eigenvalue weighted by Gasteiger charge is 2.22. The number of halogens is 2. The third-order valence-corrected chi connectivity index (χ3v) is 5.06. The van der Waals surface area contributed by atoms with Crippen molar-refractivity contribution < 1.29 is 9.59 Å². The molecular weight excluding hydrogens is 369 g/mol. The molecule has 0 spiro atoms. The van der Waals surface area contributed by atoms with Crippen LogP contribution in [0.5, 0.6) is 0 Å². The predicted molar refractivity (Wildman–Crippen MR) is 112 cm³/mol. The van der Waals surface area contributed by atoms with Crippen molar-refractivity contribution in [1.82, 2.24) is 5.32 Å². The molecule has 0 aromatic carbocycles. The molecule has 0 aromatic rings. The number of allylic oxidation sites excluding steroid dienone is 2. The molecule has 0 aliphatic rings. The molecule has 0 bridgehead atoms. The van der Waals surface area contributed by atoms with Crippen molar-refractivity contribution >= 4 is 34.9 Å². The molecule has 150 valence electrons. The summed E-state index contributed by atoms with van der Waals surface area (Å²) in [6.07, 6.45) is 8.36. The van der Waals surface area contributed by atoms with E-state index >= 15 is 0 Å². The minimum absolute atomic E-state index is 0.00457. The Morgan fingerprint density at radius 2 is 1.73 bits per heavy atom. The van der Waals surface area contributed by atoms with Crippen LogP contribution in [0.1, 0.15) is 79.1 Å². The van der Waals surface area contributed by atoms with Gasteiger partial charge in [-0.2, -0.15) is 0 Å². The average molecular weight is 404 g/mol. The first kappa shape index (κ1) is 25.2. The zero-order valence-electron chi connectivity index (χ0n) is 16.7. The molecule has 0 aromatic heterocycles. The number of carbonyl (C=O) groups is 2. The van der Waals surface area contributed by atoms with Gasteiger partial charge in [0.2, 0.25) is 5.91 Å². The summed E-state index contributed by atoms with van der Waals surface area (Å²) in [5.41, 5.74) is 4.33. The van der Waals surface area contributed by atoms with Crippen LogP contribution in [0.15, 0.2) is 22.7 Å². The Balaban J connectivity index is 4.16. The molecule has 0 saturated heterocycles. The molecular formula is C21H35Cl2NO2. The van der Waals surface area contributed by atoms with Crippen LogP contribution in [-0.4, -0.2) is 17.7 Å². The van der Waals surface area contributed by atoms with Gasteiger partial charge in [0.1, 0.15) is 5.78 Å². The van der Waals surface area contributed by atoms with Crippen LogP contribution in [-0.2, 0) is 9.59 Å². The zero-order valence-corrected chi connectivity index (χ0v) is 18.2. The highest BCUT2D eigenvalue weighted by atomic mass is 35.5. The lowest BCUT2D eigenvalue weighted by Gasteiger charge is -2.20. The normalized spacial score (nSPS) is 15.7. The molecule has 3 nitrogen and oxygen atoms in total. The van der Waals surface area contributed by atoms with Gasteiger partial charge in [-0.15, -0.1) is 0 Å². The molecule has 0 fully saturated rings. The molecule has 0 saturated carbocycles. The Kier molecular flexibility index (Phi) is 14.8. The number of carbonyl (C=O) groups excluding carboxylic acids is 2. The molecule has 0 rings (SSSR count). The molecule has 26 heavy (non-hydrogen) atoms.